The second kappa shape index (κ2) is 7.99. The van der Waals surface area contributed by atoms with Crippen LogP contribution < -0.4 is 4.74 Å². The van der Waals surface area contributed by atoms with Crippen molar-refractivity contribution in [2.24, 2.45) is 0 Å². The molecule has 3 rings (SSSR count). The highest BCUT2D eigenvalue weighted by Crippen LogP contribution is 2.43. The van der Waals surface area contributed by atoms with Crippen molar-refractivity contribution in [2.45, 2.75) is 13.3 Å². The molecule has 0 aromatic heterocycles. The van der Waals surface area contributed by atoms with Gasteiger partial charge in [-0.25, -0.2) is 0 Å². The first-order valence-electron chi connectivity index (χ1n) is 8.60. The van der Waals surface area contributed by atoms with Crippen LogP contribution in [0.4, 0.5) is 0 Å². The van der Waals surface area contributed by atoms with E-state index in [1.54, 1.807) is 0 Å². The number of carbonyl (C=O) groups is 1. The van der Waals surface area contributed by atoms with Crippen molar-refractivity contribution in [1.82, 2.24) is 4.90 Å². The van der Waals surface area contributed by atoms with Crippen molar-refractivity contribution >= 4 is 11.5 Å². The molecule has 4 nitrogen and oxygen atoms in total. The maximum atomic E-state index is 11.5. The molecule has 1 aliphatic rings. The highest BCUT2D eigenvalue weighted by Gasteiger charge is 2.20. The molecule has 0 unspecified atom stereocenters. The Bertz CT molecular complexity index is 735. The first-order chi connectivity index (χ1) is 12.2. The Morgan fingerprint density at radius 2 is 1.68 bits per heavy atom. The molecule has 2 aromatic carbocycles. The van der Waals surface area contributed by atoms with Crippen molar-refractivity contribution in [3.05, 3.63) is 65.7 Å². The average molecular weight is 337 g/mol. The zero-order valence-electron chi connectivity index (χ0n) is 14.7. The molecule has 25 heavy (non-hydrogen) atoms. The van der Waals surface area contributed by atoms with E-state index in [1.807, 2.05) is 55.3 Å². The Morgan fingerprint density at radius 1 is 1.08 bits per heavy atom. The molecule has 0 spiro atoms. The van der Waals surface area contributed by atoms with E-state index in [0.29, 0.717) is 13.2 Å². The summed E-state index contributed by atoms with van der Waals surface area (Å²) in [5.41, 5.74) is 3.39. The molecule has 0 fully saturated rings. The van der Waals surface area contributed by atoms with E-state index < -0.39 is 0 Å². The number of carbonyl (C=O) groups excluding carboxylic acids is 1. The van der Waals surface area contributed by atoms with Gasteiger partial charge < -0.3 is 9.47 Å². The Balaban J connectivity index is 1.75. The summed E-state index contributed by atoms with van der Waals surface area (Å²) in [6.07, 6.45) is 3.07. The van der Waals surface area contributed by atoms with Gasteiger partial charge in [0.05, 0.1) is 13.2 Å². The standard InChI is InChI=1S/C21H23NO3/c1-3-24-21(23)15-22(2)14-8-11-16-17-9-4-6-12-19(17)25-20-13-7-5-10-18(16)20/h4-7,9-13H,3,8,14-15H2,1-2H3. The van der Waals surface area contributed by atoms with Gasteiger partial charge in [-0.3, -0.25) is 9.69 Å². The van der Waals surface area contributed by atoms with Crippen LogP contribution in [0.15, 0.2) is 54.6 Å². The predicted octanol–water partition coefficient (Wildman–Crippen LogP) is 4.11. The Hall–Kier alpha value is -2.59. The van der Waals surface area contributed by atoms with Crippen molar-refractivity contribution in [1.29, 1.82) is 0 Å². The summed E-state index contributed by atoms with van der Waals surface area (Å²) in [4.78, 5) is 13.5. The summed E-state index contributed by atoms with van der Waals surface area (Å²) >= 11 is 0. The topological polar surface area (TPSA) is 38.8 Å². The van der Waals surface area contributed by atoms with Crippen molar-refractivity contribution < 1.29 is 14.3 Å². The number of ether oxygens (including phenoxy) is 2. The van der Waals surface area contributed by atoms with E-state index >= 15 is 0 Å². The highest BCUT2D eigenvalue weighted by molar-refractivity contribution is 5.87. The smallest absolute Gasteiger partial charge is 0.320 e. The minimum absolute atomic E-state index is 0.181. The molecule has 0 atom stereocenters. The summed E-state index contributed by atoms with van der Waals surface area (Å²) in [7, 11) is 1.93. The van der Waals surface area contributed by atoms with Crippen molar-refractivity contribution in [3.63, 3.8) is 0 Å². The molecule has 0 bridgehead atoms. The molecule has 0 saturated heterocycles. The van der Waals surface area contributed by atoms with Gasteiger partial charge >= 0.3 is 5.97 Å². The molecule has 0 saturated carbocycles. The fourth-order valence-corrected chi connectivity index (χ4v) is 2.98. The lowest BCUT2D eigenvalue weighted by atomic mass is 9.93. The number of para-hydroxylation sites is 2. The summed E-state index contributed by atoms with van der Waals surface area (Å²) < 4.78 is 11.0. The fourth-order valence-electron chi connectivity index (χ4n) is 2.98. The molecule has 0 aliphatic carbocycles. The maximum absolute atomic E-state index is 11.5. The van der Waals surface area contributed by atoms with Gasteiger partial charge in [-0.1, -0.05) is 42.5 Å². The number of fused-ring (bicyclic) bond motifs is 2. The highest BCUT2D eigenvalue weighted by atomic mass is 16.5. The molecule has 1 aliphatic heterocycles. The van der Waals surface area contributed by atoms with Crippen LogP contribution in [0.5, 0.6) is 11.5 Å². The van der Waals surface area contributed by atoms with Gasteiger partial charge in [0.15, 0.2) is 0 Å². The van der Waals surface area contributed by atoms with Gasteiger partial charge in [-0.2, -0.15) is 0 Å². The van der Waals surface area contributed by atoms with Gasteiger partial charge in [0.1, 0.15) is 11.5 Å². The van der Waals surface area contributed by atoms with Crippen LogP contribution in [0.2, 0.25) is 0 Å². The van der Waals surface area contributed by atoms with Gasteiger partial charge in [0.2, 0.25) is 0 Å². The third kappa shape index (κ3) is 4.09. The van der Waals surface area contributed by atoms with Gasteiger partial charge in [0, 0.05) is 17.7 Å². The van der Waals surface area contributed by atoms with E-state index in [0.717, 1.165) is 35.6 Å². The van der Waals surface area contributed by atoms with Gasteiger partial charge in [-0.05, 0) is 38.1 Å². The summed E-state index contributed by atoms with van der Waals surface area (Å²) in [5.74, 6) is 1.58. The number of hydrogen-bond donors (Lipinski definition) is 0. The number of esters is 1. The maximum Gasteiger partial charge on any atom is 0.320 e. The molecule has 0 N–H and O–H groups in total. The predicted molar refractivity (Wildman–Crippen MR) is 98.8 cm³/mol. The van der Waals surface area contributed by atoms with Crippen LogP contribution in [-0.4, -0.2) is 37.6 Å². The lowest BCUT2D eigenvalue weighted by Crippen LogP contribution is -2.28. The summed E-state index contributed by atoms with van der Waals surface area (Å²) in [6.45, 7) is 3.34. The molecular weight excluding hydrogens is 314 g/mol. The Morgan fingerprint density at radius 3 is 2.28 bits per heavy atom. The molecule has 4 heteroatoms. The van der Waals surface area contributed by atoms with Crippen LogP contribution in [0.25, 0.3) is 5.57 Å². The van der Waals surface area contributed by atoms with Crippen molar-refractivity contribution in [2.75, 3.05) is 26.7 Å². The first kappa shape index (κ1) is 17.2. The van der Waals surface area contributed by atoms with E-state index in [2.05, 4.69) is 18.2 Å². The second-order valence-electron chi connectivity index (χ2n) is 6.04. The molecule has 0 amide bonds. The monoisotopic (exact) mass is 337 g/mol. The van der Waals surface area contributed by atoms with E-state index in [9.17, 15) is 4.79 Å². The second-order valence-corrected chi connectivity index (χ2v) is 6.04. The van der Waals surface area contributed by atoms with E-state index in [4.69, 9.17) is 9.47 Å². The number of hydrogen-bond acceptors (Lipinski definition) is 4. The lowest BCUT2D eigenvalue weighted by Gasteiger charge is -2.23. The van der Waals surface area contributed by atoms with Gasteiger partial charge in [0.25, 0.3) is 0 Å². The normalized spacial score (nSPS) is 12.2. The molecule has 2 aromatic rings. The van der Waals surface area contributed by atoms with Crippen LogP contribution in [0.1, 0.15) is 24.5 Å². The Labute approximate surface area is 148 Å². The molecule has 0 radical (unpaired) electrons. The van der Waals surface area contributed by atoms with E-state index in [-0.39, 0.29) is 5.97 Å². The summed E-state index contributed by atoms with van der Waals surface area (Å²) in [6, 6.07) is 16.2. The third-order valence-electron chi connectivity index (χ3n) is 4.14. The molecule has 130 valence electrons. The SMILES string of the molecule is CCOC(=O)CN(C)CCC=C1c2ccccc2Oc2ccccc21. The number of benzene rings is 2. The zero-order chi connectivity index (χ0) is 17.6. The third-order valence-corrected chi connectivity index (χ3v) is 4.14. The van der Waals surface area contributed by atoms with Crippen molar-refractivity contribution in [3.8, 4) is 11.5 Å². The quantitative estimate of drug-likeness (QED) is 0.635. The molecular formula is C21H23NO3. The van der Waals surface area contributed by atoms with Crippen LogP contribution in [0, 0.1) is 0 Å². The average Bonchev–Trinajstić information content (AvgIpc) is 2.61. The lowest BCUT2D eigenvalue weighted by molar-refractivity contribution is -0.144. The minimum atomic E-state index is -0.181. The fraction of sp³-hybridized carbons (Fsp3) is 0.286. The van der Waals surface area contributed by atoms with Gasteiger partial charge in [-0.15, -0.1) is 0 Å². The Kier molecular flexibility index (Phi) is 5.51. The number of likely N-dealkylation sites (N-methyl/N-ethyl adjacent to an activating group) is 1. The first-order valence-corrected chi connectivity index (χ1v) is 8.60. The number of nitrogens with zero attached hydrogens (tertiary/aromatic N) is 1. The van der Waals surface area contributed by atoms with Crippen LogP contribution in [-0.2, 0) is 9.53 Å². The van der Waals surface area contributed by atoms with E-state index in [1.165, 1.54) is 5.57 Å². The number of rotatable bonds is 6. The van der Waals surface area contributed by atoms with Crippen LogP contribution in [0.3, 0.4) is 0 Å². The van der Waals surface area contributed by atoms with Crippen LogP contribution >= 0.6 is 0 Å². The summed E-state index contributed by atoms with van der Waals surface area (Å²) in [5, 5.41) is 0. The minimum Gasteiger partial charge on any atom is -0.465 e. The largest absolute Gasteiger partial charge is 0.465 e. The molecule has 1 heterocycles. The zero-order valence-corrected chi connectivity index (χ0v) is 14.7.